The number of hydrogen-bond acceptors (Lipinski definition) is 2. The summed E-state index contributed by atoms with van der Waals surface area (Å²) in [5, 5.41) is 0. The van der Waals surface area contributed by atoms with Crippen LogP contribution in [0.2, 0.25) is 0 Å². The van der Waals surface area contributed by atoms with E-state index in [1.54, 1.807) is 0 Å². The van der Waals surface area contributed by atoms with Gasteiger partial charge in [-0.1, -0.05) is 12.1 Å². The van der Waals surface area contributed by atoms with E-state index >= 15 is 0 Å². The lowest BCUT2D eigenvalue weighted by atomic mass is 10.3. The Labute approximate surface area is 115 Å². The lowest BCUT2D eigenvalue weighted by Gasteiger charge is -2.39. The SMILES string of the molecule is BrC1(Br)Oc2ccccc2OC1(Br)Br. The summed E-state index contributed by atoms with van der Waals surface area (Å²) < 4.78 is 9.61. The van der Waals surface area contributed by atoms with Gasteiger partial charge in [-0.25, -0.2) is 0 Å². The van der Waals surface area contributed by atoms with Crippen LogP contribution in [0.1, 0.15) is 0 Å². The minimum absolute atomic E-state index is 0.677. The number of rotatable bonds is 0. The third kappa shape index (κ3) is 1.86. The fourth-order valence-corrected chi connectivity index (χ4v) is 2.04. The number of alkyl halides is 4. The van der Waals surface area contributed by atoms with Crippen molar-refractivity contribution in [3.63, 3.8) is 0 Å². The molecule has 2 nitrogen and oxygen atoms in total. The molecule has 2 rings (SSSR count). The summed E-state index contributed by atoms with van der Waals surface area (Å²) in [7, 11) is 0. The topological polar surface area (TPSA) is 18.5 Å². The molecule has 0 radical (unpaired) electrons. The molecular formula is C8H4Br4O2. The van der Waals surface area contributed by atoms with Gasteiger partial charge in [0.1, 0.15) is 0 Å². The first-order valence-corrected chi connectivity index (χ1v) is 6.82. The molecule has 76 valence electrons. The maximum atomic E-state index is 5.65. The van der Waals surface area contributed by atoms with Gasteiger partial charge >= 0.3 is 0 Å². The van der Waals surface area contributed by atoms with Gasteiger partial charge in [-0.2, -0.15) is 0 Å². The highest BCUT2D eigenvalue weighted by Crippen LogP contribution is 2.55. The molecule has 0 saturated carbocycles. The summed E-state index contributed by atoms with van der Waals surface area (Å²) in [6, 6.07) is 7.44. The summed E-state index contributed by atoms with van der Waals surface area (Å²) in [6.45, 7) is 0. The number of hydrogen-bond donors (Lipinski definition) is 0. The van der Waals surface area contributed by atoms with Crippen molar-refractivity contribution in [3.8, 4) is 11.5 Å². The Balaban J connectivity index is 2.46. The molecule has 0 spiro atoms. The molecular weight excluding hydrogens is 448 g/mol. The van der Waals surface area contributed by atoms with Gasteiger partial charge in [-0.3, -0.25) is 0 Å². The largest absolute Gasteiger partial charge is 0.456 e. The third-order valence-electron chi connectivity index (χ3n) is 1.66. The average molecular weight is 452 g/mol. The van der Waals surface area contributed by atoms with Crippen molar-refractivity contribution in [3.05, 3.63) is 24.3 Å². The second kappa shape index (κ2) is 3.64. The zero-order valence-corrected chi connectivity index (χ0v) is 13.0. The van der Waals surface area contributed by atoms with Crippen LogP contribution in [0.4, 0.5) is 0 Å². The summed E-state index contributed by atoms with van der Waals surface area (Å²) in [5.41, 5.74) is 0. The van der Waals surface area contributed by atoms with E-state index in [-0.39, 0.29) is 0 Å². The van der Waals surface area contributed by atoms with Crippen LogP contribution in [0.3, 0.4) is 0 Å². The number of fused-ring (bicyclic) bond motifs is 1. The Kier molecular flexibility index (Phi) is 2.92. The van der Waals surface area contributed by atoms with Gasteiger partial charge in [0, 0.05) is 0 Å². The van der Waals surface area contributed by atoms with Crippen molar-refractivity contribution >= 4 is 63.7 Å². The van der Waals surface area contributed by atoms with Gasteiger partial charge in [0.25, 0.3) is 6.84 Å². The van der Waals surface area contributed by atoms with E-state index < -0.39 is 6.84 Å². The molecule has 0 aliphatic carbocycles. The van der Waals surface area contributed by atoms with Gasteiger partial charge < -0.3 is 9.47 Å². The summed E-state index contributed by atoms with van der Waals surface area (Å²) >= 11 is 13.4. The monoisotopic (exact) mass is 448 g/mol. The van der Waals surface area contributed by atoms with Crippen LogP contribution in [0.15, 0.2) is 24.3 Å². The van der Waals surface area contributed by atoms with Crippen molar-refractivity contribution in [2.24, 2.45) is 0 Å². The summed E-state index contributed by atoms with van der Waals surface area (Å²) in [6.07, 6.45) is 0. The van der Waals surface area contributed by atoms with Crippen molar-refractivity contribution in [1.82, 2.24) is 0 Å². The molecule has 0 amide bonds. The molecule has 0 atom stereocenters. The highest BCUT2D eigenvalue weighted by Gasteiger charge is 2.53. The molecule has 14 heavy (non-hydrogen) atoms. The summed E-state index contributed by atoms with van der Waals surface area (Å²) in [5.74, 6) is 1.35. The average Bonchev–Trinajstić information content (AvgIpc) is 2.05. The third-order valence-corrected chi connectivity index (χ3v) is 6.67. The highest BCUT2D eigenvalue weighted by molar-refractivity contribution is 9.30. The van der Waals surface area contributed by atoms with Crippen LogP contribution in [0, 0.1) is 0 Å². The summed E-state index contributed by atoms with van der Waals surface area (Å²) in [4.78, 5) is 0. The van der Waals surface area contributed by atoms with E-state index in [0.29, 0.717) is 11.5 Å². The van der Waals surface area contributed by atoms with Gasteiger partial charge in [0.15, 0.2) is 11.5 Å². The first-order chi connectivity index (χ1) is 6.42. The zero-order chi connectivity index (χ0) is 10.4. The Bertz CT molecular complexity index is 329. The molecule has 1 aromatic rings. The van der Waals surface area contributed by atoms with E-state index in [2.05, 4.69) is 63.7 Å². The molecule has 1 aromatic carbocycles. The molecule has 0 unspecified atom stereocenters. The fraction of sp³-hybridized carbons (Fsp3) is 0.250. The lowest BCUT2D eigenvalue weighted by molar-refractivity contribution is 0.102. The van der Waals surface area contributed by atoms with Gasteiger partial charge in [0.05, 0.1) is 0 Å². The second-order valence-electron chi connectivity index (χ2n) is 2.68. The predicted octanol–water partition coefficient (Wildman–Crippen LogP) is 4.35. The quantitative estimate of drug-likeness (QED) is 0.546. The molecule has 0 N–H and O–H groups in total. The smallest absolute Gasteiger partial charge is 0.277 e. The molecule has 0 bridgehead atoms. The van der Waals surface area contributed by atoms with Crippen molar-refractivity contribution < 1.29 is 9.47 Å². The first kappa shape index (κ1) is 11.2. The first-order valence-electron chi connectivity index (χ1n) is 3.65. The van der Waals surface area contributed by atoms with Gasteiger partial charge in [-0.05, 0) is 75.9 Å². The number of para-hydroxylation sites is 2. The highest BCUT2D eigenvalue weighted by atomic mass is 79.9. The molecule has 1 heterocycles. The number of halogens is 4. The van der Waals surface area contributed by atoms with E-state index in [1.165, 1.54) is 0 Å². The molecule has 1 aliphatic heterocycles. The maximum absolute atomic E-state index is 5.65. The van der Waals surface area contributed by atoms with E-state index in [9.17, 15) is 0 Å². The van der Waals surface area contributed by atoms with Crippen LogP contribution in [0.5, 0.6) is 11.5 Å². The van der Waals surface area contributed by atoms with E-state index in [1.807, 2.05) is 24.3 Å². The molecule has 1 aliphatic rings. The Morgan fingerprint density at radius 3 is 1.50 bits per heavy atom. The lowest BCUT2D eigenvalue weighted by Crippen LogP contribution is -2.47. The van der Waals surface area contributed by atoms with Crippen molar-refractivity contribution in [1.29, 1.82) is 0 Å². The minimum Gasteiger partial charge on any atom is -0.456 e. The zero-order valence-electron chi connectivity index (χ0n) is 6.64. The van der Waals surface area contributed by atoms with Crippen LogP contribution >= 0.6 is 63.7 Å². The second-order valence-corrected chi connectivity index (χ2v) is 9.28. The van der Waals surface area contributed by atoms with Gasteiger partial charge in [0.2, 0.25) is 0 Å². The molecule has 0 fully saturated rings. The minimum atomic E-state index is -0.846. The van der Waals surface area contributed by atoms with Crippen LogP contribution in [0.25, 0.3) is 0 Å². The van der Waals surface area contributed by atoms with Crippen LogP contribution in [-0.2, 0) is 0 Å². The normalized spacial score (nSPS) is 21.7. The van der Waals surface area contributed by atoms with E-state index in [0.717, 1.165) is 0 Å². The number of ether oxygens (including phenoxy) is 2. The Morgan fingerprint density at radius 2 is 1.14 bits per heavy atom. The standard InChI is InChI=1S/C8H4Br4O2/c9-7(10)8(11,12)14-6-4-2-1-3-5(6)13-7/h1-4H. The molecule has 0 saturated heterocycles. The van der Waals surface area contributed by atoms with Crippen molar-refractivity contribution in [2.45, 2.75) is 6.84 Å². The number of benzene rings is 1. The maximum Gasteiger partial charge on any atom is 0.277 e. The van der Waals surface area contributed by atoms with E-state index in [4.69, 9.17) is 9.47 Å². The fourth-order valence-electron chi connectivity index (χ4n) is 1.01. The molecule has 6 heteroatoms. The van der Waals surface area contributed by atoms with Crippen LogP contribution in [-0.4, -0.2) is 6.84 Å². The van der Waals surface area contributed by atoms with Crippen LogP contribution < -0.4 is 9.47 Å². The van der Waals surface area contributed by atoms with Crippen molar-refractivity contribution in [2.75, 3.05) is 0 Å². The molecule has 0 aromatic heterocycles. The Hall–Kier alpha value is 0.740. The predicted molar refractivity (Wildman–Crippen MR) is 68.9 cm³/mol. The van der Waals surface area contributed by atoms with Gasteiger partial charge in [-0.15, -0.1) is 0 Å². The Morgan fingerprint density at radius 1 is 0.786 bits per heavy atom.